The largest absolute Gasteiger partial charge is 0.468 e. The van der Waals surface area contributed by atoms with E-state index in [0.717, 1.165) is 16.4 Å². The van der Waals surface area contributed by atoms with Gasteiger partial charge in [-0.15, -0.1) is 0 Å². The number of aliphatic hydroxyl groups excluding tert-OH is 1. The highest BCUT2D eigenvalue weighted by atomic mass is 32.2. The zero-order valence-corrected chi connectivity index (χ0v) is 11.9. The zero-order valence-electron chi connectivity index (χ0n) is 11.1. The highest BCUT2D eigenvalue weighted by molar-refractivity contribution is 7.89. The zero-order chi connectivity index (χ0) is 15.6. The molecule has 1 N–H and O–H groups in total. The van der Waals surface area contributed by atoms with Gasteiger partial charge in [-0.05, 0) is 24.3 Å². The third kappa shape index (κ3) is 2.97. The van der Waals surface area contributed by atoms with Crippen molar-refractivity contribution in [1.82, 2.24) is 4.31 Å². The maximum absolute atomic E-state index is 14.0. The molecule has 0 saturated carbocycles. The molecule has 0 bridgehead atoms. The maximum atomic E-state index is 14.0. The van der Waals surface area contributed by atoms with Crippen LogP contribution in [0.1, 0.15) is 11.3 Å². The van der Waals surface area contributed by atoms with Crippen molar-refractivity contribution in [2.75, 3.05) is 7.05 Å². The van der Waals surface area contributed by atoms with Gasteiger partial charge in [0.25, 0.3) is 0 Å². The highest BCUT2D eigenvalue weighted by Crippen LogP contribution is 2.24. The quantitative estimate of drug-likeness (QED) is 0.914. The summed E-state index contributed by atoms with van der Waals surface area (Å²) in [7, 11) is -2.93. The molecule has 21 heavy (non-hydrogen) atoms. The SMILES string of the molecule is CN(Cc1ccco1)S(=O)(=O)c1ccc(F)c(CO)c1F. The van der Waals surface area contributed by atoms with Gasteiger partial charge in [0.15, 0.2) is 5.82 Å². The normalized spacial score (nSPS) is 12.0. The molecule has 1 aromatic heterocycles. The molecule has 2 rings (SSSR count). The molecule has 2 aromatic rings. The van der Waals surface area contributed by atoms with Crippen LogP contribution in [-0.4, -0.2) is 24.9 Å². The standard InChI is InChI=1S/C13H13F2NO4S/c1-16(7-9-3-2-6-20-9)21(18,19)12-5-4-11(14)10(8-17)13(12)15/h2-6,17H,7-8H2,1H3. The molecule has 0 unspecified atom stereocenters. The molecule has 8 heteroatoms. The lowest BCUT2D eigenvalue weighted by molar-refractivity contribution is 0.267. The number of furan rings is 1. The molecule has 0 spiro atoms. The molecule has 1 aromatic carbocycles. The van der Waals surface area contributed by atoms with Crippen molar-refractivity contribution in [2.45, 2.75) is 18.0 Å². The van der Waals surface area contributed by atoms with Crippen LogP contribution >= 0.6 is 0 Å². The first-order chi connectivity index (χ1) is 9.87. The second-order valence-corrected chi connectivity index (χ2v) is 6.35. The number of rotatable bonds is 5. The van der Waals surface area contributed by atoms with E-state index >= 15 is 0 Å². The third-order valence-corrected chi connectivity index (χ3v) is 4.78. The number of halogens is 2. The molecule has 0 atom stereocenters. The van der Waals surface area contributed by atoms with E-state index in [1.165, 1.54) is 13.3 Å². The summed E-state index contributed by atoms with van der Waals surface area (Å²) in [5.41, 5.74) is -0.678. The Morgan fingerprint density at radius 3 is 2.57 bits per heavy atom. The Morgan fingerprint density at radius 2 is 2.00 bits per heavy atom. The van der Waals surface area contributed by atoms with Gasteiger partial charge in [0.05, 0.1) is 25.0 Å². The summed E-state index contributed by atoms with van der Waals surface area (Å²) in [6.07, 6.45) is 1.39. The minimum Gasteiger partial charge on any atom is -0.468 e. The van der Waals surface area contributed by atoms with Crippen molar-refractivity contribution in [3.8, 4) is 0 Å². The first-order valence-electron chi connectivity index (χ1n) is 5.94. The Balaban J connectivity index is 2.40. The monoisotopic (exact) mass is 317 g/mol. The minimum atomic E-state index is -4.17. The van der Waals surface area contributed by atoms with E-state index in [-0.39, 0.29) is 6.54 Å². The lowest BCUT2D eigenvalue weighted by atomic mass is 10.2. The van der Waals surface area contributed by atoms with E-state index in [9.17, 15) is 17.2 Å². The molecular formula is C13H13F2NO4S. The van der Waals surface area contributed by atoms with Gasteiger partial charge in [0.1, 0.15) is 16.5 Å². The van der Waals surface area contributed by atoms with Crippen LogP contribution in [0.25, 0.3) is 0 Å². The third-order valence-electron chi connectivity index (χ3n) is 2.96. The second kappa shape index (κ2) is 5.92. The molecule has 0 aliphatic heterocycles. The van der Waals surface area contributed by atoms with Crippen molar-refractivity contribution in [3.05, 3.63) is 53.5 Å². The first kappa shape index (κ1) is 15.6. The number of hydrogen-bond donors (Lipinski definition) is 1. The summed E-state index contributed by atoms with van der Waals surface area (Å²) in [5, 5.41) is 8.93. The fourth-order valence-electron chi connectivity index (χ4n) is 1.80. The van der Waals surface area contributed by atoms with Crippen LogP contribution in [0.15, 0.2) is 39.8 Å². The summed E-state index contributed by atoms with van der Waals surface area (Å²) in [4.78, 5) is -0.693. The van der Waals surface area contributed by atoms with Crippen molar-refractivity contribution < 1.29 is 26.7 Å². The maximum Gasteiger partial charge on any atom is 0.246 e. The van der Waals surface area contributed by atoms with Crippen LogP contribution in [0.5, 0.6) is 0 Å². The van der Waals surface area contributed by atoms with E-state index in [1.54, 1.807) is 12.1 Å². The van der Waals surface area contributed by atoms with Crippen LogP contribution in [0.3, 0.4) is 0 Å². The molecular weight excluding hydrogens is 304 g/mol. The Labute approximate surface area is 120 Å². The van der Waals surface area contributed by atoms with Crippen LogP contribution < -0.4 is 0 Å². The summed E-state index contributed by atoms with van der Waals surface area (Å²) >= 11 is 0. The summed E-state index contributed by atoms with van der Waals surface area (Å²) in [6.45, 7) is -1.02. The first-order valence-corrected chi connectivity index (χ1v) is 7.38. The molecule has 0 saturated heterocycles. The Bertz CT molecular complexity index is 729. The van der Waals surface area contributed by atoms with Gasteiger partial charge in [0.2, 0.25) is 10.0 Å². The Morgan fingerprint density at radius 1 is 1.29 bits per heavy atom. The van der Waals surface area contributed by atoms with Gasteiger partial charge in [-0.1, -0.05) is 0 Å². The topological polar surface area (TPSA) is 70.8 Å². The van der Waals surface area contributed by atoms with E-state index in [1.807, 2.05) is 0 Å². The average molecular weight is 317 g/mol. The Hall–Kier alpha value is -1.77. The van der Waals surface area contributed by atoms with E-state index < -0.39 is 38.7 Å². The molecule has 0 amide bonds. The summed E-state index contributed by atoms with van der Waals surface area (Å²) < 4.78 is 57.8. The molecule has 1 heterocycles. The number of sulfonamides is 1. The molecule has 0 aliphatic rings. The van der Waals surface area contributed by atoms with E-state index in [4.69, 9.17) is 9.52 Å². The van der Waals surface area contributed by atoms with Gasteiger partial charge in [-0.2, -0.15) is 4.31 Å². The fraction of sp³-hybridized carbons (Fsp3) is 0.231. The fourth-order valence-corrected chi connectivity index (χ4v) is 3.02. The predicted molar refractivity (Wildman–Crippen MR) is 69.6 cm³/mol. The minimum absolute atomic E-state index is 0.0966. The number of benzene rings is 1. The number of aliphatic hydroxyl groups is 1. The second-order valence-electron chi connectivity index (χ2n) is 4.34. The van der Waals surface area contributed by atoms with Gasteiger partial charge in [-0.3, -0.25) is 0 Å². The molecule has 114 valence electrons. The smallest absolute Gasteiger partial charge is 0.246 e. The van der Waals surface area contributed by atoms with Crippen LogP contribution in [-0.2, 0) is 23.2 Å². The van der Waals surface area contributed by atoms with Crippen molar-refractivity contribution in [2.24, 2.45) is 0 Å². The van der Waals surface area contributed by atoms with Crippen molar-refractivity contribution in [1.29, 1.82) is 0 Å². The summed E-state index contributed by atoms with van der Waals surface area (Å²) in [5.74, 6) is -1.91. The van der Waals surface area contributed by atoms with E-state index in [0.29, 0.717) is 5.76 Å². The van der Waals surface area contributed by atoms with Gasteiger partial charge in [0, 0.05) is 7.05 Å². The van der Waals surface area contributed by atoms with Crippen LogP contribution in [0.4, 0.5) is 8.78 Å². The summed E-state index contributed by atoms with van der Waals surface area (Å²) in [6, 6.07) is 4.81. The molecule has 0 radical (unpaired) electrons. The Kier molecular flexibility index (Phi) is 4.40. The lowest BCUT2D eigenvalue weighted by Gasteiger charge is -2.17. The molecule has 5 nitrogen and oxygen atoms in total. The van der Waals surface area contributed by atoms with Gasteiger partial charge in [-0.25, -0.2) is 17.2 Å². The lowest BCUT2D eigenvalue weighted by Crippen LogP contribution is -2.27. The van der Waals surface area contributed by atoms with Crippen LogP contribution in [0, 0.1) is 11.6 Å². The van der Waals surface area contributed by atoms with Gasteiger partial charge >= 0.3 is 0 Å². The van der Waals surface area contributed by atoms with Crippen molar-refractivity contribution in [3.63, 3.8) is 0 Å². The average Bonchev–Trinajstić information content (AvgIpc) is 2.91. The molecule has 0 fully saturated rings. The van der Waals surface area contributed by atoms with E-state index in [2.05, 4.69) is 0 Å². The van der Waals surface area contributed by atoms with Crippen LogP contribution in [0.2, 0.25) is 0 Å². The predicted octanol–water partition coefficient (Wildman–Crippen LogP) is 1.87. The molecule has 0 aliphatic carbocycles. The highest BCUT2D eigenvalue weighted by Gasteiger charge is 2.27. The number of hydrogen-bond acceptors (Lipinski definition) is 4. The van der Waals surface area contributed by atoms with Gasteiger partial charge < -0.3 is 9.52 Å². The van der Waals surface area contributed by atoms with Crippen molar-refractivity contribution >= 4 is 10.0 Å². The number of nitrogens with zero attached hydrogens (tertiary/aromatic N) is 1.